The zero-order valence-electron chi connectivity index (χ0n) is 8.60. The van der Waals surface area contributed by atoms with Crippen molar-refractivity contribution in [2.75, 3.05) is 6.61 Å². The molecule has 0 aliphatic carbocycles. The van der Waals surface area contributed by atoms with Crippen molar-refractivity contribution in [1.82, 2.24) is 0 Å². The molecule has 0 aliphatic heterocycles. The van der Waals surface area contributed by atoms with Gasteiger partial charge in [-0.05, 0) is 13.0 Å². The van der Waals surface area contributed by atoms with Crippen molar-refractivity contribution >= 4 is 17.3 Å². The third-order valence-corrected chi connectivity index (χ3v) is 1.71. The monoisotopic (exact) mass is 436 g/mol. The van der Waals surface area contributed by atoms with Gasteiger partial charge in [0, 0.05) is 61.8 Å². The minimum Gasteiger partial charge on any atom is -0.698 e. The number of rotatable bonds is 3. The van der Waals surface area contributed by atoms with Gasteiger partial charge in [-0.1, -0.05) is 0 Å². The first kappa shape index (κ1) is 15.3. The van der Waals surface area contributed by atoms with Crippen LogP contribution in [-0.2, 0) is 4.74 Å². The van der Waals surface area contributed by atoms with Crippen molar-refractivity contribution in [3.05, 3.63) is 39.6 Å². The van der Waals surface area contributed by atoms with E-state index in [4.69, 9.17) is 5.73 Å². The summed E-state index contributed by atoms with van der Waals surface area (Å²) in [5.74, 6) is -0.641. The molecule has 0 amide bonds. The molecule has 7 heteroatoms. The van der Waals surface area contributed by atoms with Crippen LogP contribution in [0.15, 0.2) is 18.2 Å². The van der Waals surface area contributed by atoms with Gasteiger partial charge in [-0.25, -0.2) is 4.79 Å². The average molecular weight is 436 g/mol. The van der Waals surface area contributed by atoms with E-state index in [1.54, 1.807) is 6.92 Å². The molecule has 0 saturated carbocycles. The van der Waals surface area contributed by atoms with E-state index in [1.165, 1.54) is 12.1 Å². The largest absolute Gasteiger partial charge is 0.698 e. The zero-order chi connectivity index (χ0) is 11.4. The number of esters is 1. The standard InChI is InChI=1S/C9H10N2O4.Ac/c1-2-15-9(12)7-4-3-6(11(13)14)5-8(7)10;/h3-5H,2H2,1H3,(H2,10,12);/p-1. The summed E-state index contributed by atoms with van der Waals surface area (Å²) >= 11 is 0. The zero-order valence-corrected chi connectivity index (χ0v) is 13.3. The Hall–Kier alpha value is -0.668. The van der Waals surface area contributed by atoms with Crippen LogP contribution in [0.1, 0.15) is 17.3 Å². The van der Waals surface area contributed by atoms with Gasteiger partial charge in [0.05, 0.1) is 11.5 Å². The molecule has 16 heavy (non-hydrogen) atoms. The van der Waals surface area contributed by atoms with Crippen molar-refractivity contribution in [2.45, 2.75) is 6.92 Å². The summed E-state index contributed by atoms with van der Waals surface area (Å²) in [5, 5.41) is 10.4. The molecule has 1 radical (unpaired) electrons. The van der Waals surface area contributed by atoms with Crippen molar-refractivity contribution in [3.8, 4) is 0 Å². The fraction of sp³-hybridized carbons (Fsp3) is 0.222. The molecule has 0 spiro atoms. The van der Waals surface area contributed by atoms with Crippen LogP contribution < -0.4 is 0 Å². The second kappa shape index (κ2) is 6.82. The summed E-state index contributed by atoms with van der Waals surface area (Å²) in [4.78, 5) is 21.0. The van der Waals surface area contributed by atoms with E-state index < -0.39 is 10.9 Å². The molecule has 83 valence electrons. The molecule has 6 nitrogen and oxygen atoms in total. The molecule has 0 saturated heterocycles. The molecule has 0 aromatic heterocycles. The predicted molar refractivity (Wildman–Crippen MR) is 53.0 cm³/mol. The van der Waals surface area contributed by atoms with Gasteiger partial charge >= 0.3 is 5.97 Å². The Morgan fingerprint density at radius 3 is 2.62 bits per heavy atom. The average Bonchev–Trinajstić information content (AvgIpc) is 2.17. The summed E-state index contributed by atoms with van der Waals surface area (Å²) in [6.45, 7) is 1.85. The van der Waals surface area contributed by atoms with Crippen LogP contribution in [-0.4, -0.2) is 17.5 Å². The number of carbonyl (C=O) groups is 1. The fourth-order valence-corrected chi connectivity index (χ4v) is 1.03. The van der Waals surface area contributed by atoms with Crippen LogP contribution >= 0.6 is 0 Å². The van der Waals surface area contributed by atoms with E-state index in [1.807, 2.05) is 0 Å². The fourth-order valence-electron chi connectivity index (χ4n) is 1.03. The Morgan fingerprint density at radius 2 is 2.19 bits per heavy atom. The molecule has 0 bridgehead atoms. The summed E-state index contributed by atoms with van der Waals surface area (Å²) in [6, 6.07) is 3.41. The first-order valence-corrected chi connectivity index (χ1v) is 4.23. The van der Waals surface area contributed by atoms with Gasteiger partial charge in [-0.15, -0.1) is 5.69 Å². The number of nitro benzene ring substituents is 1. The molecule has 1 aromatic carbocycles. The number of ether oxygens (including phenoxy) is 1. The normalized spacial score (nSPS) is 9.06. The summed E-state index contributed by atoms with van der Waals surface area (Å²) < 4.78 is 4.68. The maximum absolute atomic E-state index is 11.2. The van der Waals surface area contributed by atoms with E-state index in [2.05, 4.69) is 4.74 Å². The Bertz CT molecular complexity index is 408. The number of hydrogen-bond acceptors (Lipinski definition) is 4. The van der Waals surface area contributed by atoms with Gasteiger partial charge in [0.15, 0.2) is 0 Å². The SMILES string of the molecule is CCOC(=O)c1ccc([N+](=O)[O-])cc1[NH-].[Ac]. The number of benzene rings is 1. The topological polar surface area (TPSA) is 93.2 Å². The van der Waals surface area contributed by atoms with Gasteiger partial charge in [0.25, 0.3) is 5.69 Å². The number of carbonyl (C=O) groups excluding carboxylic acids is 1. The van der Waals surface area contributed by atoms with Crippen molar-refractivity contribution in [3.63, 3.8) is 0 Å². The van der Waals surface area contributed by atoms with E-state index in [-0.39, 0.29) is 67.6 Å². The molecule has 0 fully saturated rings. The number of nitrogens with one attached hydrogen (secondary N) is 1. The summed E-state index contributed by atoms with van der Waals surface area (Å²) in [7, 11) is 0. The maximum Gasteiger partial charge on any atom is 0.336 e. The Labute approximate surface area is 128 Å². The van der Waals surface area contributed by atoms with Gasteiger partial charge in [-0.2, -0.15) is 0 Å². The van der Waals surface area contributed by atoms with Crippen molar-refractivity contribution < 1.29 is 58.5 Å². The molecule has 0 heterocycles. The molecule has 0 aliphatic rings. The first-order chi connectivity index (χ1) is 7.06. The second-order valence-corrected chi connectivity index (χ2v) is 2.71. The Morgan fingerprint density at radius 1 is 1.56 bits per heavy atom. The molecular weight excluding hydrogens is 427 g/mol. The second-order valence-electron chi connectivity index (χ2n) is 2.71. The van der Waals surface area contributed by atoms with Crippen LogP contribution in [0, 0.1) is 54.2 Å². The van der Waals surface area contributed by atoms with Crippen LogP contribution in [0.4, 0.5) is 11.4 Å². The van der Waals surface area contributed by atoms with Gasteiger partial charge < -0.3 is 10.5 Å². The molecule has 1 rings (SSSR count). The number of nitrogens with zero attached hydrogens (tertiary/aromatic N) is 1. The van der Waals surface area contributed by atoms with Crippen LogP contribution in [0.3, 0.4) is 0 Å². The minimum atomic E-state index is -0.641. The van der Waals surface area contributed by atoms with Crippen molar-refractivity contribution in [1.29, 1.82) is 0 Å². The van der Waals surface area contributed by atoms with E-state index >= 15 is 0 Å². The molecule has 1 aromatic rings. The van der Waals surface area contributed by atoms with E-state index in [9.17, 15) is 14.9 Å². The minimum absolute atomic E-state index is 0. The molecular formula is C9H9AcN2O4-. The molecule has 1 N–H and O–H groups in total. The molecule has 0 atom stereocenters. The Kier molecular flexibility index (Phi) is 6.53. The van der Waals surface area contributed by atoms with Crippen molar-refractivity contribution in [2.24, 2.45) is 0 Å². The van der Waals surface area contributed by atoms with E-state index in [0.717, 1.165) is 6.07 Å². The van der Waals surface area contributed by atoms with Gasteiger partial charge in [-0.3, -0.25) is 10.1 Å². The number of non-ortho nitro benzene ring substituents is 1. The Balaban J connectivity index is 0.00000225. The van der Waals surface area contributed by atoms with Crippen LogP contribution in [0.2, 0.25) is 0 Å². The van der Waals surface area contributed by atoms with Crippen LogP contribution in [0.25, 0.3) is 5.73 Å². The molecule has 0 unspecified atom stereocenters. The first-order valence-electron chi connectivity index (χ1n) is 4.23. The maximum atomic E-state index is 11.2. The van der Waals surface area contributed by atoms with Gasteiger partial charge in [0.2, 0.25) is 0 Å². The third kappa shape index (κ3) is 3.72. The van der Waals surface area contributed by atoms with Gasteiger partial charge in [0.1, 0.15) is 0 Å². The summed E-state index contributed by atoms with van der Waals surface area (Å²) in [6.07, 6.45) is 0. The number of nitro groups is 1. The third-order valence-electron chi connectivity index (χ3n) is 1.71. The number of hydrogen-bond donors (Lipinski definition) is 0. The van der Waals surface area contributed by atoms with Crippen LogP contribution in [0.5, 0.6) is 0 Å². The van der Waals surface area contributed by atoms with E-state index in [0.29, 0.717) is 0 Å². The predicted octanol–water partition coefficient (Wildman–Crippen LogP) is 2.46. The quantitative estimate of drug-likeness (QED) is 0.414. The summed E-state index contributed by atoms with van der Waals surface area (Å²) in [5.41, 5.74) is 7.02. The smallest absolute Gasteiger partial charge is 0.336 e.